The van der Waals surface area contributed by atoms with Crippen LogP contribution in [0.15, 0.2) is 57.5 Å². The molecule has 0 fully saturated rings. The molecule has 1 atom stereocenters. The second-order valence-electron chi connectivity index (χ2n) is 10.7. The molecule has 41 heavy (non-hydrogen) atoms. The standard InChI is InChI=1S/C31H34ClFN2O5S/c1-17(2)12-13-39-24-11-10-20(14-25(24)38-6)28-27(30(37)40-16-18(3)4)19(5)34-31-35(28)29(36)26(41-31)15-21-22(32)8-7-9-23(21)33/h7-11,14-15,17-18,28H,12-13,16H2,1-6H3/b26-15-. The first-order valence-corrected chi connectivity index (χ1v) is 14.7. The predicted molar refractivity (Wildman–Crippen MR) is 159 cm³/mol. The molecule has 0 saturated carbocycles. The van der Waals surface area contributed by atoms with E-state index in [0.717, 1.165) is 17.8 Å². The van der Waals surface area contributed by atoms with Crippen molar-refractivity contribution in [3.8, 4) is 11.5 Å². The highest BCUT2D eigenvalue weighted by Gasteiger charge is 2.34. The Morgan fingerprint density at radius 1 is 1.17 bits per heavy atom. The van der Waals surface area contributed by atoms with Gasteiger partial charge in [-0.25, -0.2) is 14.2 Å². The maximum atomic E-state index is 14.6. The van der Waals surface area contributed by atoms with Crippen molar-refractivity contribution in [2.24, 2.45) is 16.8 Å². The first kappa shape index (κ1) is 30.5. The summed E-state index contributed by atoms with van der Waals surface area (Å²) in [4.78, 5) is 32.3. The minimum atomic E-state index is -0.859. The predicted octanol–water partition coefficient (Wildman–Crippen LogP) is 5.66. The Balaban J connectivity index is 1.89. The summed E-state index contributed by atoms with van der Waals surface area (Å²) in [6, 6.07) is 8.81. The van der Waals surface area contributed by atoms with E-state index in [0.29, 0.717) is 40.1 Å². The Kier molecular flexibility index (Phi) is 9.71. The molecule has 2 heterocycles. The molecule has 1 aliphatic rings. The Hall–Kier alpha value is -3.43. The smallest absolute Gasteiger partial charge is 0.338 e. The monoisotopic (exact) mass is 600 g/mol. The lowest BCUT2D eigenvalue weighted by Crippen LogP contribution is -2.40. The van der Waals surface area contributed by atoms with E-state index in [4.69, 9.17) is 25.8 Å². The number of carbonyl (C=O) groups excluding carboxylic acids is 1. The van der Waals surface area contributed by atoms with Gasteiger partial charge in [-0.2, -0.15) is 0 Å². The number of ether oxygens (including phenoxy) is 3. The molecular formula is C31H34ClFN2O5S. The summed E-state index contributed by atoms with van der Waals surface area (Å²) >= 11 is 7.33. The molecule has 1 unspecified atom stereocenters. The van der Waals surface area contributed by atoms with Crippen LogP contribution in [0.5, 0.6) is 11.5 Å². The van der Waals surface area contributed by atoms with E-state index in [2.05, 4.69) is 18.8 Å². The van der Waals surface area contributed by atoms with Crippen molar-refractivity contribution < 1.29 is 23.4 Å². The van der Waals surface area contributed by atoms with E-state index >= 15 is 0 Å². The molecule has 3 aromatic rings. The van der Waals surface area contributed by atoms with Crippen LogP contribution in [0.3, 0.4) is 0 Å². The maximum absolute atomic E-state index is 14.6. The van der Waals surface area contributed by atoms with Crippen LogP contribution in [-0.2, 0) is 9.53 Å². The van der Waals surface area contributed by atoms with Gasteiger partial charge in [0.25, 0.3) is 5.56 Å². The van der Waals surface area contributed by atoms with Gasteiger partial charge in [-0.3, -0.25) is 9.36 Å². The number of esters is 1. The van der Waals surface area contributed by atoms with E-state index in [-0.39, 0.29) is 33.2 Å². The summed E-state index contributed by atoms with van der Waals surface area (Å²) in [6.07, 6.45) is 2.29. The van der Waals surface area contributed by atoms with Crippen LogP contribution in [0.2, 0.25) is 5.02 Å². The van der Waals surface area contributed by atoms with Gasteiger partial charge in [-0.15, -0.1) is 0 Å². The number of benzene rings is 2. The number of allylic oxidation sites excluding steroid dienone is 1. The maximum Gasteiger partial charge on any atom is 0.338 e. The second-order valence-corrected chi connectivity index (χ2v) is 12.1. The molecule has 2 aromatic carbocycles. The van der Waals surface area contributed by atoms with Gasteiger partial charge in [-0.05, 0) is 61.1 Å². The largest absolute Gasteiger partial charge is 0.493 e. The van der Waals surface area contributed by atoms with Gasteiger partial charge >= 0.3 is 5.97 Å². The van der Waals surface area contributed by atoms with Crippen LogP contribution >= 0.6 is 22.9 Å². The highest BCUT2D eigenvalue weighted by molar-refractivity contribution is 7.07. The molecule has 4 rings (SSSR count). The number of aromatic nitrogens is 1. The quantitative estimate of drug-likeness (QED) is 0.281. The topological polar surface area (TPSA) is 79.1 Å². The van der Waals surface area contributed by atoms with Crippen molar-refractivity contribution in [2.75, 3.05) is 20.3 Å². The Bertz CT molecular complexity index is 1640. The first-order chi connectivity index (χ1) is 19.5. The van der Waals surface area contributed by atoms with Gasteiger partial charge in [-0.1, -0.05) is 62.8 Å². The highest BCUT2D eigenvalue weighted by Crippen LogP contribution is 2.36. The van der Waals surface area contributed by atoms with Gasteiger partial charge in [0.1, 0.15) is 5.82 Å². The van der Waals surface area contributed by atoms with Gasteiger partial charge in [0.05, 0.1) is 47.2 Å². The average Bonchev–Trinajstić information content (AvgIpc) is 3.22. The molecule has 1 aliphatic heterocycles. The Morgan fingerprint density at radius 3 is 2.59 bits per heavy atom. The van der Waals surface area contributed by atoms with Gasteiger partial charge in [0, 0.05) is 5.56 Å². The third-order valence-electron chi connectivity index (χ3n) is 6.52. The van der Waals surface area contributed by atoms with Gasteiger partial charge < -0.3 is 14.2 Å². The molecule has 0 spiro atoms. The molecule has 218 valence electrons. The zero-order chi connectivity index (χ0) is 29.8. The molecule has 0 amide bonds. The van der Waals surface area contributed by atoms with Crippen LogP contribution in [-0.4, -0.2) is 30.9 Å². The number of hydrogen-bond acceptors (Lipinski definition) is 7. The molecule has 7 nitrogen and oxygen atoms in total. The SMILES string of the molecule is COc1cc(C2C(C(=O)OCC(C)C)=C(C)N=c3s/c(=C\c4c(F)cccc4Cl)c(=O)n32)ccc1OCCC(C)C. The van der Waals surface area contributed by atoms with Crippen LogP contribution < -0.4 is 24.4 Å². The third-order valence-corrected chi connectivity index (χ3v) is 7.83. The molecule has 1 aromatic heterocycles. The lowest BCUT2D eigenvalue weighted by atomic mass is 9.95. The number of rotatable bonds is 10. The fourth-order valence-electron chi connectivity index (χ4n) is 4.38. The normalized spacial score (nSPS) is 15.3. The summed E-state index contributed by atoms with van der Waals surface area (Å²) in [5.74, 6) is 0.513. The molecule has 0 bridgehead atoms. The summed E-state index contributed by atoms with van der Waals surface area (Å²) in [5, 5.41) is 0.180. The molecule has 0 radical (unpaired) electrons. The summed E-state index contributed by atoms with van der Waals surface area (Å²) < 4.78 is 33.5. The first-order valence-electron chi connectivity index (χ1n) is 13.5. The number of thiazole rings is 1. The van der Waals surface area contributed by atoms with Crippen LogP contribution in [0, 0.1) is 17.7 Å². The van der Waals surface area contributed by atoms with Crippen molar-refractivity contribution in [1.29, 1.82) is 0 Å². The number of nitrogens with zero attached hydrogens (tertiary/aromatic N) is 2. The number of hydrogen-bond donors (Lipinski definition) is 0. The van der Waals surface area contributed by atoms with E-state index in [9.17, 15) is 14.0 Å². The minimum absolute atomic E-state index is 0.104. The summed E-state index contributed by atoms with van der Waals surface area (Å²) in [7, 11) is 1.54. The van der Waals surface area contributed by atoms with Crippen molar-refractivity contribution in [3.63, 3.8) is 0 Å². The Morgan fingerprint density at radius 2 is 1.93 bits per heavy atom. The van der Waals surface area contributed by atoms with E-state index in [1.165, 1.54) is 29.9 Å². The van der Waals surface area contributed by atoms with E-state index < -0.39 is 23.4 Å². The van der Waals surface area contributed by atoms with Crippen molar-refractivity contribution in [3.05, 3.63) is 89.3 Å². The van der Waals surface area contributed by atoms with Crippen LogP contribution in [0.25, 0.3) is 6.08 Å². The minimum Gasteiger partial charge on any atom is -0.493 e. The number of methoxy groups -OCH3 is 1. The van der Waals surface area contributed by atoms with E-state index in [1.807, 2.05) is 13.8 Å². The van der Waals surface area contributed by atoms with Crippen molar-refractivity contribution in [2.45, 2.75) is 47.1 Å². The number of carbonyl (C=O) groups is 1. The van der Waals surface area contributed by atoms with E-state index in [1.54, 1.807) is 31.2 Å². The van der Waals surface area contributed by atoms with Gasteiger partial charge in [0.15, 0.2) is 16.3 Å². The molecule has 10 heteroatoms. The fraction of sp³-hybridized carbons (Fsp3) is 0.387. The van der Waals surface area contributed by atoms with Gasteiger partial charge in [0.2, 0.25) is 0 Å². The zero-order valence-electron chi connectivity index (χ0n) is 24.0. The number of halogens is 2. The lowest BCUT2D eigenvalue weighted by Gasteiger charge is -2.25. The summed E-state index contributed by atoms with van der Waals surface area (Å²) in [5.41, 5.74) is 0.949. The van der Waals surface area contributed by atoms with Crippen LogP contribution in [0.1, 0.15) is 58.2 Å². The lowest BCUT2D eigenvalue weighted by molar-refractivity contribution is -0.140. The number of fused-ring (bicyclic) bond motifs is 1. The molecule has 0 saturated heterocycles. The summed E-state index contributed by atoms with van der Waals surface area (Å²) in [6.45, 7) is 10.6. The third kappa shape index (κ3) is 6.73. The molecule has 0 N–H and O–H groups in total. The second kappa shape index (κ2) is 13.0. The van der Waals surface area contributed by atoms with Crippen molar-refractivity contribution >= 4 is 35.0 Å². The molecular weight excluding hydrogens is 567 g/mol. The van der Waals surface area contributed by atoms with Crippen LogP contribution in [0.4, 0.5) is 4.39 Å². The highest BCUT2D eigenvalue weighted by atomic mass is 35.5. The zero-order valence-corrected chi connectivity index (χ0v) is 25.6. The van der Waals surface area contributed by atoms with Crippen molar-refractivity contribution in [1.82, 2.24) is 4.57 Å². The average molecular weight is 601 g/mol. The molecule has 0 aliphatic carbocycles. The Labute approximate surface area is 247 Å². The fourth-order valence-corrected chi connectivity index (χ4v) is 5.62.